The van der Waals surface area contributed by atoms with E-state index in [1.165, 1.54) is 49.7 Å². The van der Waals surface area contributed by atoms with Crippen LogP contribution >= 0.6 is 0 Å². The molecule has 5 rings (SSSR count). The van der Waals surface area contributed by atoms with Gasteiger partial charge >= 0.3 is 0 Å². The molecule has 1 aliphatic carbocycles. The zero-order valence-electron chi connectivity index (χ0n) is 21.0. The highest BCUT2D eigenvalue weighted by molar-refractivity contribution is 5.83. The van der Waals surface area contributed by atoms with E-state index in [4.69, 9.17) is 4.74 Å². The van der Waals surface area contributed by atoms with E-state index in [1.807, 2.05) is 0 Å². The van der Waals surface area contributed by atoms with Gasteiger partial charge in [0.2, 0.25) is 0 Å². The molecule has 34 heavy (non-hydrogen) atoms. The van der Waals surface area contributed by atoms with E-state index in [0.29, 0.717) is 30.6 Å². The fraction of sp³-hybridized carbons (Fsp3) is 0.704. The van der Waals surface area contributed by atoms with Crippen molar-refractivity contribution < 1.29 is 9.84 Å². The molecule has 7 heteroatoms. The number of fused-ring (bicyclic) bond motifs is 1. The lowest BCUT2D eigenvalue weighted by Crippen LogP contribution is -2.68. The number of aromatic hydroxyl groups is 1. The predicted molar refractivity (Wildman–Crippen MR) is 138 cm³/mol. The minimum absolute atomic E-state index is 0.0341. The maximum atomic E-state index is 11.6. The molecule has 1 aromatic rings. The zero-order chi connectivity index (χ0) is 23.5. The Labute approximate surface area is 204 Å². The molecule has 1 saturated heterocycles. The third-order valence-corrected chi connectivity index (χ3v) is 8.11. The van der Waals surface area contributed by atoms with Crippen LogP contribution in [0.2, 0.25) is 0 Å². The van der Waals surface area contributed by atoms with Gasteiger partial charge in [0.1, 0.15) is 17.8 Å². The lowest BCUT2D eigenvalue weighted by atomic mass is 9.95. The van der Waals surface area contributed by atoms with Gasteiger partial charge in [0.15, 0.2) is 0 Å². The summed E-state index contributed by atoms with van der Waals surface area (Å²) in [6.45, 7) is 4.79. The van der Waals surface area contributed by atoms with Crippen molar-refractivity contribution in [3.8, 4) is 11.5 Å². The Bertz CT molecular complexity index is 880. The molecule has 5 N–H and O–H groups in total. The van der Waals surface area contributed by atoms with Crippen LogP contribution in [-0.2, 0) is 6.42 Å². The highest BCUT2D eigenvalue weighted by Gasteiger charge is 2.38. The molecule has 0 spiro atoms. The highest BCUT2D eigenvalue weighted by Crippen LogP contribution is 2.46. The van der Waals surface area contributed by atoms with Crippen LogP contribution in [0.1, 0.15) is 75.8 Å². The van der Waals surface area contributed by atoms with Gasteiger partial charge in [-0.15, -0.1) is 0 Å². The van der Waals surface area contributed by atoms with Gasteiger partial charge in [0, 0.05) is 30.6 Å². The Hall–Kier alpha value is -1.80. The fourth-order valence-corrected chi connectivity index (χ4v) is 6.37. The summed E-state index contributed by atoms with van der Waals surface area (Å²) < 4.78 is 6.05. The van der Waals surface area contributed by atoms with Crippen LogP contribution in [0.25, 0.3) is 5.57 Å². The van der Waals surface area contributed by atoms with Gasteiger partial charge in [-0.05, 0) is 64.3 Å². The highest BCUT2D eigenvalue weighted by atomic mass is 16.5. The maximum absolute atomic E-state index is 11.6. The summed E-state index contributed by atoms with van der Waals surface area (Å²) in [6, 6.07) is 3.04. The lowest BCUT2D eigenvalue weighted by Gasteiger charge is -2.49. The van der Waals surface area contributed by atoms with E-state index in [-0.39, 0.29) is 6.29 Å². The number of phenols is 1. The Morgan fingerprint density at radius 3 is 2.74 bits per heavy atom. The molecule has 4 aliphatic rings. The van der Waals surface area contributed by atoms with Crippen molar-refractivity contribution in [2.45, 2.75) is 95.7 Å². The number of ether oxygens (including phenoxy) is 1. The molecule has 3 unspecified atom stereocenters. The smallest absolute Gasteiger partial charge is 0.149 e. The van der Waals surface area contributed by atoms with Crippen LogP contribution in [0.15, 0.2) is 12.1 Å². The summed E-state index contributed by atoms with van der Waals surface area (Å²) in [5, 5.41) is 26.2. The van der Waals surface area contributed by atoms with Crippen LogP contribution in [0, 0.1) is 0 Å². The van der Waals surface area contributed by atoms with Gasteiger partial charge in [0.05, 0.1) is 24.0 Å². The monoisotopic (exact) mass is 469 g/mol. The first-order valence-electron chi connectivity index (χ1n) is 13.5. The van der Waals surface area contributed by atoms with Gasteiger partial charge in [0.25, 0.3) is 0 Å². The molecule has 7 nitrogen and oxygen atoms in total. The standard InChI is InChI=1S/C27H43N5O2/c1-18-16-23(28-2)32(21-9-5-3-4-6-10-21)27(30-18)31-22-17-20-12-15-34-26(20)24(25(22)33)19-8-7-13-29-14-11-19/h11,17-18,21,23,27-31,33H,3-10,12-16H2,1-2H3. The van der Waals surface area contributed by atoms with Crippen molar-refractivity contribution >= 4 is 11.3 Å². The predicted octanol–water partition coefficient (Wildman–Crippen LogP) is 3.74. The molecule has 188 valence electrons. The maximum Gasteiger partial charge on any atom is 0.149 e. The first kappa shape index (κ1) is 23.9. The van der Waals surface area contributed by atoms with E-state index in [9.17, 15) is 5.11 Å². The van der Waals surface area contributed by atoms with E-state index in [0.717, 1.165) is 55.8 Å². The summed E-state index contributed by atoms with van der Waals surface area (Å²) in [5.41, 5.74) is 4.11. The first-order chi connectivity index (χ1) is 16.7. The molecule has 1 aromatic carbocycles. The number of nitrogens with one attached hydrogen (secondary N) is 4. The fourth-order valence-electron chi connectivity index (χ4n) is 6.37. The third-order valence-electron chi connectivity index (χ3n) is 8.11. The van der Waals surface area contributed by atoms with Gasteiger partial charge in [-0.2, -0.15) is 0 Å². The minimum atomic E-state index is -0.0341. The van der Waals surface area contributed by atoms with E-state index >= 15 is 0 Å². The first-order valence-corrected chi connectivity index (χ1v) is 13.5. The van der Waals surface area contributed by atoms with Crippen LogP contribution in [0.3, 0.4) is 0 Å². The van der Waals surface area contributed by atoms with Crippen molar-refractivity contribution in [2.75, 3.05) is 32.1 Å². The van der Waals surface area contributed by atoms with Crippen molar-refractivity contribution in [2.24, 2.45) is 0 Å². The Morgan fingerprint density at radius 1 is 1.12 bits per heavy atom. The number of anilines is 1. The van der Waals surface area contributed by atoms with Crippen LogP contribution in [-0.4, -0.2) is 61.3 Å². The third kappa shape index (κ3) is 4.94. The molecular weight excluding hydrogens is 426 g/mol. The average Bonchev–Trinajstić information content (AvgIpc) is 3.02. The second kappa shape index (κ2) is 10.9. The largest absolute Gasteiger partial charge is 0.505 e. The van der Waals surface area contributed by atoms with Crippen LogP contribution < -0.4 is 26.0 Å². The van der Waals surface area contributed by atoms with Gasteiger partial charge in [-0.25, -0.2) is 0 Å². The second-order valence-corrected chi connectivity index (χ2v) is 10.5. The molecular formula is C27H43N5O2. The van der Waals surface area contributed by atoms with Crippen LogP contribution in [0.5, 0.6) is 11.5 Å². The SMILES string of the molecule is CNC1CC(C)NC(Nc2cc3c(c(C4=CCNCCC4)c2O)OCC3)N1C1CCCCCC1. The molecule has 0 aromatic heterocycles. The minimum Gasteiger partial charge on any atom is -0.505 e. The summed E-state index contributed by atoms with van der Waals surface area (Å²) in [4.78, 5) is 2.61. The molecule has 0 radical (unpaired) electrons. The van der Waals surface area contributed by atoms with E-state index < -0.39 is 0 Å². The molecule has 1 saturated carbocycles. The summed E-state index contributed by atoms with van der Waals surface area (Å²) in [6.07, 6.45) is 14.2. The van der Waals surface area contributed by atoms with E-state index in [1.54, 1.807) is 0 Å². The number of nitrogens with zero attached hydrogens (tertiary/aromatic N) is 1. The summed E-state index contributed by atoms with van der Waals surface area (Å²) in [5.74, 6) is 1.21. The zero-order valence-corrected chi connectivity index (χ0v) is 21.0. The normalized spacial score (nSPS) is 29.0. The van der Waals surface area contributed by atoms with Crippen molar-refractivity contribution in [1.82, 2.24) is 20.9 Å². The molecule has 3 atom stereocenters. The molecule has 3 aliphatic heterocycles. The topological polar surface area (TPSA) is 80.8 Å². The van der Waals surface area contributed by atoms with Gasteiger partial charge in [-0.1, -0.05) is 31.8 Å². The molecule has 3 heterocycles. The van der Waals surface area contributed by atoms with Crippen molar-refractivity contribution in [3.63, 3.8) is 0 Å². The summed E-state index contributed by atoms with van der Waals surface area (Å²) >= 11 is 0. The second-order valence-electron chi connectivity index (χ2n) is 10.5. The number of rotatable bonds is 5. The number of allylic oxidation sites excluding steroid dienone is 1. The molecule has 0 amide bonds. The van der Waals surface area contributed by atoms with Crippen LogP contribution in [0.4, 0.5) is 5.69 Å². The molecule has 0 bridgehead atoms. The van der Waals surface area contributed by atoms with Crippen molar-refractivity contribution in [1.29, 1.82) is 0 Å². The van der Waals surface area contributed by atoms with Gasteiger partial charge in [-0.3, -0.25) is 10.2 Å². The number of hydrogen-bond acceptors (Lipinski definition) is 7. The Balaban J connectivity index is 1.49. The Kier molecular flexibility index (Phi) is 7.64. The number of benzene rings is 1. The van der Waals surface area contributed by atoms with Gasteiger partial charge < -0.3 is 25.8 Å². The molecule has 2 fully saturated rings. The van der Waals surface area contributed by atoms with Crippen molar-refractivity contribution in [3.05, 3.63) is 23.3 Å². The van der Waals surface area contributed by atoms with E-state index in [2.05, 4.69) is 52.3 Å². The number of hydrogen-bond donors (Lipinski definition) is 5. The Morgan fingerprint density at radius 2 is 1.94 bits per heavy atom. The lowest BCUT2D eigenvalue weighted by molar-refractivity contribution is 0.00505. The summed E-state index contributed by atoms with van der Waals surface area (Å²) in [7, 11) is 2.08. The quantitative estimate of drug-likeness (QED) is 0.332. The average molecular weight is 470 g/mol. The number of phenolic OH excluding ortho intramolecular Hbond substituents is 1.